The first kappa shape index (κ1) is 19.4. The Balaban J connectivity index is 1.49. The Labute approximate surface area is 163 Å². The number of nitrogens with one attached hydrogen (secondary N) is 1. The molecule has 0 atom stereocenters. The number of benzene rings is 1. The van der Waals surface area contributed by atoms with Gasteiger partial charge in [-0.3, -0.25) is 4.99 Å². The van der Waals surface area contributed by atoms with Gasteiger partial charge in [0.05, 0.1) is 6.54 Å². The first-order valence-electron chi connectivity index (χ1n) is 9.20. The first-order valence-corrected chi connectivity index (χ1v) is 10.2. The largest absolute Gasteiger partial charge is 0.357 e. The Morgan fingerprint density at radius 3 is 2.52 bits per heavy atom. The molecule has 2 heterocycles. The predicted octanol–water partition coefficient (Wildman–Crippen LogP) is 2.50. The van der Waals surface area contributed by atoms with Crippen molar-refractivity contribution in [1.82, 2.24) is 20.2 Å². The molecule has 1 fully saturated rings. The molecule has 144 valence electrons. The monoisotopic (exact) mass is 388 g/mol. The van der Waals surface area contributed by atoms with Gasteiger partial charge in [-0.1, -0.05) is 0 Å². The van der Waals surface area contributed by atoms with E-state index in [9.17, 15) is 4.39 Å². The van der Waals surface area contributed by atoms with Crippen molar-refractivity contribution < 1.29 is 4.39 Å². The highest BCUT2D eigenvalue weighted by molar-refractivity contribution is 7.99. The Hall–Kier alpha value is -2.35. The number of nitrogens with zero attached hydrogens (tertiary/aromatic N) is 5. The van der Waals surface area contributed by atoms with Gasteiger partial charge in [-0.25, -0.2) is 14.4 Å². The Bertz CT molecular complexity index is 717. The Morgan fingerprint density at radius 1 is 1.15 bits per heavy atom. The maximum Gasteiger partial charge on any atom is 0.225 e. The molecule has 1 aromatic carbocycles. The maximum absolute atomic E-state index is 13.0. The number of aliphatic imine (C=N–C) groups is 1. The van der Waals surface area contributed by atoms with E-state index in [0.717, 1.165) is 55.3 Å². The fourth-order valence-electron chi connectivity index (χ4n) is 2.84. The Morgan fingerprint density at radius 2 is 1.85 bits per heavy atom. The number of guanidine groups is 1. The van der Waals surface area contributed by atoms with Gasteiger partial charge in [0, 0.05) is 55.8 Å². The third kappa shape index (κ3) is 5.82. The minimum Gasteiger partial charge on any atom is -0.357 e. The van der Waals surface area contributed by atoms with Crippen LogP contribution in [0.25, 0.3) is 0 Å². The molecule has 8 heteroatoms. The van der Waals surface area contributed by atoms with Crippen LogP contribution >= 0.6 is 11.8 Å². The van der Waals surface area contributed by atoms with Gasteiger partial charge in [0.2, 0.25) is 5.95 Å². The van der Waals surface area contributed by atoms with Crippen LogP contribution in [0.15, 0.2) is 52.6 Å². The second-order valence-electron chi connectivity index (χ2n) is 6.06. The number of hydrogen-bond donors (Lipinski definition) is 1. The summed E-state index contributed by atoms with van der Waals surface area (Å²) in [5.74, 6) is 2.39. The minimum atomic E-state index is -0.202. The molecule has 0 amide bonds. The SMILES string of the molecule is CCNC(=NCCSc1ccc(F)cc1)N1CCN(c2ncccn2)CC1. The summed E-state index contributed by atoms with van der Waals surface area (Å²) in [6.07, 6.45) is 3.55. The second kappa shape index (κ2) is 10.1. The standard InChI is InChI=1S/C19H25FN6S/c1-2-21-18(24-10-15-27-17-6-4-16(20)5-7-17)25-11-13-26(14-12-25)19-22-8-3-9-23-19/h3-9H,2,10-15H2,1H3,(H,21,24). The summed E-state index contributed by atoms with van der Waals surface area (Å²) in [6.45, 7) is 7.15. The fourth-order valence-corrected chi connectivity index (χ4v) is 3.59. The highest BCUT2D eigenvalue weighted by Crippen LogP contribution is 2.17. The molecule has 0 spiro atoms. The zero-order chi connectivity index (χ0) is 18.9. The topological polar surface area (TPSA) is 56.7 Å². The van der Waals surface area contributed by atoms with Gasteiger partial charge in [-0.15, -0.1) is 11.8 Å². The van der Waals surface area contributed by atoms with Crippen molar-refractivity contribution in [3.05, 3.63) is 48.5 Å². The first-order chi connectivity index (χ1) is 13.3. The van der Waals surface area contributed by atoms with Crippen LogP contribution in [0, 0.1) is 5.82 Å². The zero-order valence-corrected chi connectivity index (χ0v) is 16.3. The van der Waals surface area contributed by atoms with Crippen molar-refractivity contribution in [3.8, 4) is 0 Å². The van der Waals surface area contributed by atoms with Gasteiger partial charge in [-0.2, -0.15) is 0 Å². The molecule has 0 unspecified atom stereocenters. The number of rotatable bonds is 6. The minimum absolute atomic E-state index is 0.202. The van der Waals surface area contributed by atoms with Crippen LogP contribution in [0.4, 0.5) is 10.3 Å². The number of thioether (sulfide) groups is 1. The summed E-state index contributed by atoms with van der Waals surface area (Å²) >= 11 is 1.69. The van der Waals surface area contributed by atoms with Crippen LogP contribution < -0.4 is 10.2 Å². The number of piperazine rings is 1. The molecule has 6 nitrogen and oxygen atoms in total. The van der Waals surface area contributed by atoms with E-state index in [1.165, 1.54) is 12.1 Å². The molecule has 3 rings (SSSR count). The van der Waals surface area contributed by atoms with Crippen molar-refractivity contribution in [1.29, 1.82) is 0 Å². The van der Waals surface area contributed by atoms with Crippen molar-refractivity contribution >= 4 is 23.7 Å². The number of anilines is 1. The van der Waals surface area contributed by atoms with Crippen LogP contribution in [0.2, 0.25) is 0 Å². The Kier molecular flexibility index (Phi) is 7.27. The van der Waals surface area contributed by atoms with Crippen LogP contribution in [-0.4, -0.2) is 65.8 Å². The number of aromatic nitrogens is 2. The lowest BCUT2D eigenvalue weighted by atomic mass is 10.3. The van der Waals surface area contributed by atoms with E-state index in [4.69, 9.17) is 4.99 Å². The van der Waals surface area contributed by atoms with Gasteiger partial charge in [0.1, 0.15) is 5.82 Å². The summed E-state index contributed by atoms with van der Waals surface area (Å²) < 4.78 is 13.0. The third-order valence-corrected chi connectivity index (χ3v) is 5.18. The molecule has 1 saturated heterocycles. The molecule has 0 bridgehead atoms. The van der Waals surface area contributed by atoms with E-state index in [-0.39, 0.29) is 5.82 Å². The molecule has 0 radical (unpaired) electrons. The van der Waals surface area contributed by atoms with Crippen LogP contribution in [-0.2, 0) is 0 Å². The van der Waals surface area contributed by atoms with E-state index in [1.807, 2.05) is 6.07 Å². The average molecular weight is 389 g/mol. The summed E-state index contributed by atoms with van der Waals surface area (Å²) in [6, 6.07) is 8.43. The summed E-state index contributed by atoms with van der Waals surface area (Å²) in [4.78, 5) is 19.0. The maximum atomic E-state index is 13.0. The summed E-state index contributed by atoms with van der Waals surface area (Å²) in [5, 5.41) is 3.38. The molecule has 0 saturated carbocycles. The molecular weight excluding hydrogens is 363 g/mol. The van der Waals surface area contributed by atoms with Gasteiger partial charge in [0.25, 0.3) is 0 Å². The van der Waals surface area contributed by atoms with E-state index in [0.29, 0.717) is 6.54 Å². The zero-order valence-electron chi connectivity index (χ0n) is 15.5. The van der Waals surface area contributed by atoms with Gasteiger partial charge in [0.15, 0.2) is 5.96 Å². The number of hydrogen-bond acceptors (Lipinski definition) is 5. The number of halogens is 1. The fraction of sp³-hybridized carbons (Fsp3) is 0.421. The molecule has 1 aliphatic heterocycles. The van der Waals surface area contributed by atoms with Crippen molar-refractivity contribution in [2.45, 2.75) is 11.8 Å². The second-order valence-corrected chi connectivity index (χ2v) is 7.23. The predicted molar refractivity (Wildman–Crippen MR) is 109 cm³/mol. The lowest BCUT2D eigenvalue weighted by Gasteiger charge is -2.36. The van der Waals surface area contributed by atoms with E-state index >= 15 is 0 Å². The average Bonchev–Trinajstić information content (AvgIpc) is 2.72. The van der Waals surface area contributed by atoms with Crippen molar-refractivity contribution in [2.75, 3.05) is 49.9 Å². The third-order valence-electron chi connectivity index (χ3n) is 4.18. The molecule has 0 aliphatic carbocycles. The highest BCUT2D eigenvalue weighted by Gasteiger charge is 2.20. The molecule has 27 heavy (non-hydrogen) atoms. The molecule has 1 aromatic heterocycles. The molecule has 1 N–H and O–H groups in total. The normalized spacial score (nSPS) is 15.1. The lowest BCUT2D eigenvalue weighted by Crippen LogP contribution is -2.53. The smallest absolute Gasteiger partial charge is 0.225 e. The van der Waals surface area contributed by atoms with Crippen LogP contribution in [0.3, 0.4) is 0 Å². The van der Waals surface area contributed by atoms with Gasteiger partial charge >= 0.3 is 0 Å². The summed E-state index contributed by atoms with van der Waals surface area (Å²) in [7, 11) is 0. The van der Waals surface area contributed by atoms with E-state index in [1.54, 1.807) is 36.3 Å². The van der Waals surface area contributed by atoms with E-state index in [2.05, 4.69) is 32.0 Å². The summed E-state index contributed by atoms with van der Waals surface area (Å²) in [5.41, 5.74) is 0. The molecule has 1 aliphatic rings. The van der Waals surface area contributed by atoms with Crippen LogP contribution in [0.1, 0.15) is 6.92 Å². The lowest BCUT2D eigenvalue weighted by molar-refractivity contribution is 0.370. The van der Waals surface area contributed by atoms with Gasteiger partial charge < -0.3 is 15.1 Å². The van der Waals surface area contributed by atoms with E-state index < -0.39 is 0 Å². The molecular formula is C19H25FN6S. The van der Waals surface area contributed by atoms with Gasteiger partial charge in [-0.05, 0) is 37.3 Å². The quantitative estimate of drug-likeness (QED) is 0.355. The molecule has 2 aromatic rings. The van der Waals surface area contributed by atoms with Crippen LogP contribution in [0.5, 0.6) is 0 Å². The highest BCUT2D eigenvalue weighted by atomic mass is 32.2. The van der Waals surface area contributed by atoms with Crippen molar-refractivity contribution in [3.63, 3.8) is 0 Å². The van der Waals surface area contributed by atoms with Crippen molar-refractivity contribution in [2.24, 2.45) is 4.99 Å².